The summed E-state index contributed by atoms with van der Waals surface area (Å²) in [7, 11) is 0. The minimum Gasteiger partial charge on any atom is -0.386 e. The van der Waals surface area contributed by atoms with Gasteiger partial charge < -0.3 is 20.1 Å². The molecule has 1 atom stereocenters. The number of ether oxygens (including phenoxy) is 1. The smallest absolute Gasteiger partial charge is 0.128 e. The third kappa shape index (κ3) is 3.29. The standard InChI is InChI=1S/C15H23N3O2/c19-15(6-10-20-12-15)11-17-13-4-8-18(9-5-13)14-3-1-2-7-16-14/h1-3,7,13,17,19H,4-6,8-12H2. The highest BCUT2D eigenvalue weighted by molar-refractivity contribution is 5.38. The molecular formula is C15H23N3O2. The summed E-state index contributed by atoms with van der Waals surface area (Å²) in [6.45, 7) is 3.82. The van der Waals surface area contributed by atoms with Crippen molar-refractivity contribution in [3.63, 3.8) is 0 Å². The first-order chi connectivity index (χ1) is 9.75. The van der Waals surface area contributed by atoms with Crippen LogP contribution in [0.15, 0.2) is 24.4 Å². The Morgan fingerprint density at radius 1 is 1.40 bits per heavy atom. The van der Waals surface area contributed by atoms with Crippen molar-refractivity contribution in [1.29, 1.82) is 0 Å². The number of rotatable bonds is 4. The monoisotopic (exact) mass is 277 g/mol. The predicted octanol–water partition coefficient (Wildman–Crippen LogP) is 0.791. The van der Waals surface area contributed by atoms with Gasteiger partial charge in [-0.05, 0) is 25.0 Å². The molecule has 5 nitrogen and oxygen atoms in total. The highest BCUT2D eigenvalue weighted by atomic mass is 16.5. The lowest BCUT2D eigenvalue weighted by Crippen LogP contribution is -2.49. The maximum Gasteiger partial charge on any atom is 0.128 e. The van der Waals surface area contributed by atoms with Crippen LogP contribution in [0, 0.1) is 0 Å². The van der Waals surface area contributed by atoms with Gasteiger partial charge in [-0.15, -0.1) is 0 Å². The summed E-state index contributed by atoms with van der Waals surface area (Å²) in [5.41, 5.74) is -0.655. The molecule has 2 aliphatic rings. The Kier molecular flexibility index (Phi) is 4.19. The van der Waals surface area contributed by atoms with Crippen LogP contribution in [0.4, 0.5) is 5.82 Å². The lowest BCUT2D eigenvalue weighted by Gasteiger charge is -2.34. The molecule has 3 rings (SSSR count). The third-order valence-corrected chi connectivity index (χ3v) is 4.27. The molecule has 5 heteroatoms. The number of piperidine rings is 1. The van der Waals surface area contributed by atoms with Crippen LogP contribution in [-0.2, 0) is 4.74 Å². The molecule has 2 saturated heterocycles. The largest absolute Gasteiger partial charge is 0.386 e. The van der Waals surface area contributed by atoms with Gasteiger partial charge >= 0.3 is 0 Å². The van der Waals surface area contributed by atoms with Crippen LogP contribution in [0.1, 0.15) is 19.3 Å². The van der Waals surface area contributed by atoms with Gasteiger partial charge in [0.15, 0.2) is 0 Å². The first-order valence-corrected chi connectivity index (χ1v) is 7.45. The Labute approximate surface area is 120 Å². The van der Waals surface area contributed by atoms with Crippen LogP contribution < -0.4 is 10.2 Å². The number of hydrogen-bond donors (Lipinski definition) is 2. The van der Waals surface area contributed by atoms with Gasteiger partial charge in [0.2, 0.25) is 0 Å². The first-order valence-electron chi connectivity index (χ1n) is 7.45. The summed E-state index contributed by atoms with van der Waals surface area (Å²) in [6.07, 6.45) is 4.77. The van der Waals surface area contributed by atoms with E-state index < -0.39 is 5.60 Å². The molecule has 0 radical (unpaired) electrons. The van der Waals surface area contributed by atoms with Crippen molar-refractivity contribution in [2.45, 2.75) is 30.9 Å². The lowest BCUT2D eigenvalue weighted by atomic mass is 10.0. The summed E-state index contributed by atoms with van der Waals surface area (Å²) >= 11 is 0. The zero-order valence-corrected chi connectivity index (χ0v) is 11.8. The molecule has 0 saturated carbocycles. The summed E-state index contributed by atoms with van der Waals surface area (Å²) in [4.78, 5) is 6.72. The third-order valence-electron chi connectivity index (χ3n) is 4.27. The molecule has 0 bridgehead atoms. The van der Waals surface area contributed by atoms with Crippen molar-refractivity contribution in [2.24, 2.45) is 0 Å². The molecule has 2 aliphatic heterocycles. The maximum absolute atomic E-state index is 10.2. The second kappa shape index (κ2) is 6.08. The Bertz CT molecular complexity index is 412. The Morgan fingerprint density at radius 2 is 2.25 bits per heavy atom. The van der Waals surface area contributed by atoms with Gasteiger partial charge in [-0.2, -0.15) is 0 Å². The van der Waals surface area contributed by atoms with Crippen LogP contribution in [0.5, 0.6) is 0 Å². The molecule has 0 amide bonds. The molecule has 1 unspecified atom stereocenters. The van der Waals surface area contributed by atoms with Gasteiger partial charge in [-0.1, -0.05) is 6.07 Å². The second-order valence-electron chi connectivity index (χ2n) is 5.86. The number of anilines is 1. The van der Waals surface area contributed by atoms with E-state index in [9.17, 15) is 5.11 Å². The molecule has 20 heavy (non-hydrogen) atoms. The van der Waals surface area contributed by atoms with Crippen molar-refractivity contribution in [3.8, 4) is 0 Å². The summed E-state index contributed by atoms with van der Waals surface area (Å²) < 4.78 is 5.27. The van der Waals surface area contributed by atoms with Crippen LogP contribution in [0.3, 0.4) is 0 Å². The fraction of sp³-hybridized carbons (Fsp3) is 0.667. The van der Waals surface area contributed by atoms with E-state index in [1.165, 1.54) is 0 Å². The van der Waals surface area contributed by atoms with Crippen molar-refractivity contribution in [1.82, 2.24) is 10.3 Å². The molecule has 110 valence electrons. The van der Waals surface area contributed by atoms with E-state index in [2.05, 4.69) is 21.3 Å². The van der Waals surface area contributed by atoms with Gasteiger partial charge in [0.25, 0.3) is 0 Å². The van der Waals surface area contributed by atoms with E-state index >= 15 is 0 Å². The number of nitrogens with one attached hydrogen (secondary N) is 1. The number of pyridine rings is 1. The minimum absolute atomic E-state index is 0.465. The summed E-state index contributed by atoms with van der Waals surface area (Å²) in [5, 5.41) is 13.7. The van der Waals surface area contributed by atoms with Crippen LogP contribution in [0.2, 0.25) is 0 Å². The molecule has 2 N–H and O–H groups in total. The average molecular weight is 277 g/mol. The van der Waals surface area contributed by atoms with E-state index in [0.29, 0.717) is 25.8 Å². The van der Waals surface area contributed by atoms with Gasteiger partial charge in [0.1, 0.15) is 11.4 Å². The quantitative estimate of drug-likeness (QED) is 0.852. The fourth-order valence-corrected chi connectivity index (χ4v) is 2.92. The van der Waals surface area contributed by atoms with Crippen molar-refractivity contribution < 1.29 is 9.84 Å². The van der Waals surface area contributed by atoms with E-state index in [1.807, 2.05) is 18.3 Å². The molecule has 1 aromatic rings. The lowest BCUT2D eigenvalue weighted by molar-refractivity contribution is 0.0241. The molecule has 0 aromatic carbocycles. The number of nitrogens with zero attached hydrogens (tertiary/aromatic N) is 2. The van der Waals surface area contributed by atoms with Crippen molar-refractivity contribution in [2.75, 3.05) is 37.7 Å². The Hall–Kier alpha value is -1.17. The highest BCUT2D eigenvalue weighted by Crippen LogP contribution is 2.20. The molecule has 2 fully saturated rings. The molecule has 1 aromatic heterocycles. The second-order valence-corrected chi connectivity index (χ2v) is 5.86. The van der Waals surface area contributed by atoms with Crippen LogP contribution in [0.25, 0.3) is 0 Å². The summed E-state index contributed by atoms with van der Waals surface area (Å²) in [6, 6.07) is 6.52. The number of aromatic nitrogens is 1. The highest BCUT2D eigenvalue weighted by Gasteiger charge is 2.33. The fourth-order valence-electron chi connectivity index (χ4n) is 2.92. The average Bonchev–Trinajstić information content (AvgIpc) is 2.94. The normalized spacial score (nSPS) is 27.9. The Balaban J connectivity index is 1.44. The minimum atomic E-state index is -0.655. The maximum atomic E-state index is 10.2. The topological polar surface area (TPSA) is 57.6 Å². The van der Waals surface area contributed by atoms with E-state index in [1.54, 1.807) is 0 Å². The number of aliphatic hydroxyl groups is 1. The molecule has 0 aliphatic carbocycles. The van der Waals surface area contributed by atoms with Crippen molar-refractivity contribution >= 4 is 5.82 Å². The van der Waals surface area contributed by atoms with E-state index in [-0.39, 0.29) is 0 Å². The zero-order chi connectivity index (χ0) is 13.8. The molecule has 0 spiro atoms. The van der Waals surface area contributed by atoms with Gasteiger partial charge in [-0.3, -0.25) is 0 Å². The van der Waals surface area contributed by atoms with Crippen LogP contribution >= 0.6 is 0 Å². The predicted molar refractivity (Wildman–Crippen MR) is 77.9 cm³/mol. The molecule has 3 heterocycles. The summed E-state index contributed by atoms with van der Waals surface area (Å²) in [5.74, 6) is 1.06. The molecular weight excluding hydrogens is 254 g/mol. The first kappa shape index (κ1) is 13.8. The van der Waals surface area contributed by atoms with Gasteiger partial charge in [0, 0.05) is 44.9 Å². The zero-order valence-electron chi connectivity index (χ0n) is 11.8. The van der Waals surface area contributed by atoms with Crippen molar-refractivity contribution in [3.05, 3.63) is 24.4 Å². The SMILES string of the molecule is OC1(CNC2CCN(c3ccccn3)CC2)CCOC1. The Morgan fingerprint density at radius 3 is 2.90 bits per heavy atom. The van der Waals surface area contributed by atoms with Crippen LogP contribution in [-0.4, -0.2) is 54.6 Å². The van der Waals surface area contributed by atoms with Gasteiger partial charge in [0.05, 0.1) is 6.61 Å². The number of hydrogen-bond acceptors (Lipinski definition) is 5. The van der Waals surface area contributed by atoms with Gasteiger partial charge in [-0.25, -0.2) is 4.98 Å². The van der Waals surface area contributed by atoms with E-state index in [4.69, 9.17) is 4.74 Å². The van der Waals surface area contributed by atoms with E-state index in [0.717, 1.165) is 38.2 Å².